The fourth-order valence-corrected chi connectivity index (χ4v) is 2.89. The molecule has 1 aromatic carbocycles. The first-order chi connectivity index (χ1) is 13.9. The Bertz CT molecular complexity index is 1180. The Labute approximate surface area is 163 Å². The number of hydrogen-bond donors (Lipinski definition) is 2. The van der Waals surface area contributed by atoms with Crippen molar-refractivity contribution in [3.05, 3.63) is 60.2 Å². The van der Waals surface area contributed by atoms with Gasteiger partial charge in [-0.3, -0.25) is 4.40 Å². The third kappa shape index (κ3) is 3.64. The van der Waals surface area contributed by atoms with Crippen molar-refractivity contribution in [1.82, 2.24) is 19.4 Å². The number of pyridine rings is 1. The van der Waals surface area contributed by atoms with Crippen LogP contribution in [-0.2, 0) is 0 Å². The Balaban J connectivity index is 1.72. The van der Waals surface area contributed by atoms with Crippen LogP contribution < -0.4 is 15.8 Å². The predicted octanol–water partition coefficient (Wildman–Crippen LogP) is 4.17. The number of alkyl halides is 2. The Kier molecular flexibility index (Phi) is 4.67. The number of fused-ring (bicyclic) bond motifs is 1. The molecule has 0 spiro atoms. The molecule has 3 N–H and O–H groups in total. The van der Waals surface area contributed by atoms with Gasteiger partial charge in [-0.1, -0.05) is 6.07 Å². The summed E-state index contributed by atoms with van der Waals surface area (Å²) in [4.78, 5) is 12.8. The van der Waals surface area contributed by atoms with Crippen LogP contribution in [0.3, 0.4) is 0 Å². The number of hydrogen-bond acceptors (Lipinski definition) is 6. The van der Waals surface area contributed by atoms with E-state index in [0.29, 0.717) is 22.7 Å². The molecule has 0 saturated heterocycles. The number of halogens is 3. The lowest BCUT2D eigenvalue weighted by Gasteiger charge is -2.11. The zero-order valence-corrected chi connectivity index (χ0v) is 15.1. The lowest BCUT2D eigenvalue weighted by Crippen LogP contribution is -2.07. The van der Waals surface area contributed by atoms with E-state index in [0.717, 1.165) is 0 Å². The first-order valence-electron chi connectivity index (χ1n) is 8.51. The monoisotopic (exact) mass is 400 g/mol. The van der Waals surface area contributed by atoms with Gasteiger partial charge in [-0.2, -0.15) is 13.2 Å². The van der Waals surface area contributed by atoms with E-state index in [2.05, 4.69) is 25.0 Å². The number of nitrogens with zero attached hydrogens (tertiary/aromatic N) is 4. The van der Waals surface area contributed by atoms with Crippen LogP contribution in [0.4, 0.5) is 30.5 Å². The molecule has 7 nitrogen and oxygen atoms in total. The smallest absolute Gasteiger partial charge is 0.387 e. The van der Waals surface area contributed by atoms with Crippen molar-refractivity contribution < 1.29 is 17.9 Å². The lowest BCUT2D eigenvalue weighted by atomic mass is 10.3. The van der Waals surface area contributed by atoms with Gasteiger partial charge in [0.05, 0.1) is 5.69 Å². The molecule has 0 unspecified atom stereocenters. The fraction of sp³-hybridized carbons (Fsp3) is 0.105. The Morgan fingerprint density at radius 2 is 1.83 bits per heavy atom. The van der Waals surface area contributed by atoms with Gasteiger partial charge >= 0.3 is 6.61 Å². The van der Waals surface area contributed by atoms with E-state index in [9.17, 15) is 13.2 Å². The quantitative estimate of drug-likeness (QED) is 0.523. The Hall–Kier alpha value is -3.82. The summed E-state index contributed by atoms with van der Waals surface area (Å²) in [6.45, 7) is -1.13. The molecule has 0 atom stereocenters. The maximum Gasteiger partial charge on any atom is 0.387 e. The molecule has 148 valence electrons. The second-order valence-corrected chi connectivity index (χ2v) is 6.10. The van der Waals surface area contributed by atoms with E-state index >= 15 is 0 Å². The zero-order valence-electron chi connectivity index (χ0n) is 15.1. The number of nitrogens with two attached hydrogens (primary N) is 1. The van der Waals surface area contributed by atoms with E-state index in [1.165, 1.54) is 24.3 Å². The summed E-state index contributed by atoms with van der Waals surface area (Å²) in [7, 11) is 0. The third-order valence-electron chi connectivity index (χ3n) is 4.14. The molecule has 0 aliphatic heterocycles. The van der Waals surface area contributed by atoms with Crippen LogP contribution in [-0.4, -0.2) is 26.0 Å². The van der Waals surface area contributed by atoms with E-state index in [1.807, 2.05) is 18.2 Å². The summed E-state index contributed by atoms with van der Waals surface area (Å²) in [6.07, 6.45) is 1.79. The predicted molar refractivity (Wildman–Crippen MR) is 102 cm³/mol. The lowest BCUT2D eigenvalue weighted by molar-refractivity contribution is -0.0498. The van der Waals surface area contributed by atoms with Gasteiger partial charge in [0.15, 0.2) is 17.5 Å². The van der Waals surface area contributed by atoms with E-state index in [-0.39, 0.29) is 23.2 Å². The highest BCUT2D eigenvalue weighted by Gasteiger charge is 2.19. The number of rotatable bonds is 5. The third-order valence-corrected chi connectivity index (χ3v) is 4.14. The van der Waals surface area contributed by atoms with Crippen molar-refractivity contribution in [2.75, 3.05) is 11.1 Å². The van der Waals surface area contributed by atoms with Gasteiger partial charge in [-0.15, -0.1) is 0 Å². The van der Waals surface area contributed by atoms with Crippen molar-refractivity contribution in [2.24, 2.45) is 0 Å². The number of nitrogen functional groups attached to an aromatic ring is 1. The van der Waals surface area contributed by atoms with Crippen LogP contribution in [0.5, 0.6) is 5.75 Å². The van der Waals surface area contributed by atoms with Crippen LogP contribution in [0.2, 0.25) is 0 Å². The number of anilines is 3. The Morgan fingerprint density at radius 1 is 1.07 bits per heavy atom. The molecule has 0 aliphatic carbocycles. The molecule has 10 heteroatoms. The van der Waals surface area contributed by atoms with Crippen LogP contribution in [0.15, 0.2) is 48.7 Å². The molecular weight excluding hydrogens is 385 g/mol. The summed E-state index contributed by atoms with van der Waals surface area (Å²) in [5, 5.41) is 2.78. The van der Waals surface area contributed by atoms with Crippen LogP contribution in [0, 0.1) is 12.7 Å². The largest absolute Gasteiger partial charge is 0.435 e. The molecular formula is C19H15F3N6O. The average Bonchev–Trinajstić information content (AvgIpc) is 3.02. The molecule has 3 aromatic heterocycles. The number of nitrogens with one attached hydrogen (secondary N) is 1. The topological polar surface area (TPSA) is 90.4 Å². The number of ether oxygens (including phenoxy) is 1. The molecule has 0 radical (unpaired) electrons. The molecule has 0 saturated carbocycles. The molecule has 0 bridgehead atoms. The standard InChI is InChI=1S/C19H15F3N6O/c1-10-15(28-9-3-2-4-13(28)24-10)18-26-16(23)14(20)17(27-18)25-11-5-7-12(8-6-11)29-19(21)22/h2-9,19H,1H3,(H3,23,25,26,27). The molecule has 4 aromatic rings. The van der Waals surface area contributed by atoms with Crippen LogP contribution >= 0.6 is 0 Å². The van der Waals surface area contributed by atoms with Crippen LogP contribution in [0.25, 0.3) is 17.2 Å². The van der Waals surface area contributed by atoms with Gasteiger partial charge in [0, 0.05) is 11.9 Å². The minimum Gasteiger partial charge on any atom is -0.435 e. The maximum atomic E-state index is 14.5. The van der Waals surface area contributed by atoms with Gasteiger partial charge < -0.3 is 15.8 Å². The van der Waals surface area contributed by atoms with Crippen molar-refractivity contribution in [3.8, 4) is 17.3 Å². The van der Waals surface area contributed by atoms with Gasteiger partial charge in [-0.05, 0) is 43.3 Å². The number of aromatic nitrogens is 4. The maximum absolute atomic E-state index is 14.5. The second kappa shape index (κ2) is 7.30. The normalized spacial score (nSPS) is 11.2. The molecule has 0 fully saturated rings. The minimum absolute atomic E-state index is 0.0183. The van der Waals surface area contributed by atoms with E-state index in [1.54, 1.807) is 17.5 Å². The van der Waals surface area contributed by atoms with Crippen molar-refractivity contribution >= 4 is 23.0 Å². The fourth-order valence-electron chi connectivity index (χ4n) is 2.89. The van der Waals surface area contributed by atoms with Gasteiger partial charge in [-0.25, -0.2) is 15.0 Å². The highest BCUT2D eigenvalue weighted by atomic mass is 19.3. The zero-order chi connectivity index (χ0) is 20.5. The van der Waals surface area contributed by atoms with Gasteiger partial charge in [0.2, 0.25) is 5.82 Å². The van der Waals surface area contributed by atoms with Crippen molar-refractivity contribution in [1.29, 1.82) is 0 Å². The average molecular weight is 400 g/mol. The number of imidazole rings is 1. The van der Waals surface area contributed by atoms with Crippen molar-refractivity contribution in [3.63, 3.8) is 0 Å². The summed E-state index contributed by atoms with van der Waals surface area (Å²) < 4.78 is 45.1. The first-order valence-corrected chi connectivity index (χ1v) is 8.51. The number of aryl methyl sites for hydroxylation is 1. The first kappa shape index (κ1) is 18.5. The summed E-state index contributed by atoms with van der Waals surface area (Å²) in [5.41, 5.74) is 8.09. The van der Waals surface area contributed by atoms with Gasteiger partial charge in [0.1, 0.15) is 17.1 Å². The summed E-state index contributed by atoms with van der Waals surface area (Å²) in [6, 6.07) is 11.1. The Morgan fingerprint density at radius 3 is 2.55 bits per heavy atom. The summed E-state index contributed by atoms with van der Waals surface area (Å²) in [5.74, 6) is -1.13. The minimum atomic E-state index is -2.93. The molecule has 3 heterocycles. The summed E-state index contributed by atoms with van der Waals surface area (Å²) >= 11 is 0. The van der Waals surface area contributed by atoms with Crippen LogP contribution in [0.1, 0.15) is 5.69 Å². The highest BCUT2D eigenvalue weighted by molar-refractivity contribution is 5.67. The van der Waals surface area contributed by atoms with E-state index in [4.69, 9.17) is 5.73 Å². The molecule has 0 aliphatic rings. The van der Waals surface area contributed by atoms with Gasteiger partial charge in [0.25, 0.3) is 0 Å². The second-order valence-electron chi connectivity index (χ2n) is 6.10. The molecule has 4 rings (SSSR count). The molecule has 0 amide bonds. The van der Waals surface area contributed by atoms with Crippen molar-refractivity contribution in [2.45, 2.75) is 13.5 Å². The SMILES string of the molecule is Cc1nc2ccccn2c1-c1nc(N)c(F)c(Nc2ccc(OC(F)F)cc2)n1. The number of benzene rings is 1. The molecule has 29 heavy (non-hydrogen) atoms. The highest BCUT2D eigenvalue weighted by Crippen LogP contribution is 2.28. The van der Waals surface area contributed by atoms with E-state index < -0.39 is 12.4 Å².